The lowest BCUT2D eigenvalue weighted by molar-refractivity contribution is 0.265. The molecule has 4 nitrogen and oxygen atoms in total. The summed E-state index contributed by atoms with van der Waals surface area (Å²) in [5, 5.41) is 8.81. The first kappa shape index (κ1) is 14.1. The summed E-state index contributed by atoms with van der Waals surface area (Å²) < 4.78 is 27.3. The van der Waals surface area contributed by atoms with E-state index in [1.54, 1.807) is 19.1 Å². The van der Waals surface area contributed by atoms with Crippen LogP contribution in [0.4, 0.5) is 0 Å². The highest BCUT2D eigenvalue weighted by molar-refractivity contribution is 9.11. The van der Waals surface area contributed by atoms with Gasteiger partial charge in [-0.15, -0.1) is 0 Å². The molecule has 0 aliphatic carbocycles. The summed E-state index contributed by atoms with van der Waals surface area (Å²) in [6.07, 6.45) is 0. The number of benzene rings is 1. The minimum Gasteiger partial charge on any atom is -0.395 e. The summed E-state index contributed by atoms with van der Waals surface area (Å²) in [7, 11) is -3.60. The van der Waals surface area contributed by atoms with Crippen molar-refractivity contribution in [3.63, 3.8) is 0 Å². The molecule has 1 atom stereocenters. The van der Waals surface area contributed by atoms with Crippen LogP contribution in [0, 0.1) is 0 Å². The Hall–Kier alpha value is 0.0500. The van der Waals surface area contributed by atoms with Crippen molar-refractivity contribution in [3.8, 4) is 0 Å². The van der Waals surface area contributed by atoms with E-state index in [0.717, 1.165) is 4.47 Å². The highest BCUT2D eigenvalue weighted by Crippen LogP contribution is 2.25. The lowest BCUT2D eigenvalue weighted by Crippen LogP contribution is -2.35. The van der Waals surface area contributed by atoms with E-state index in [0.29, 0.717) is 4.47 Å². The Balaban J connectivity index is 3.08. The zero-order chi connectivity index (χ0) is 12.3. The van der Waals surface area contributed by atoms with Gasteiger partial charge >= 0.3 is 0 Å². The summed E-state index contributed by atoms with van der Waals surface area (Å²) >= 11 is 6.43. The van der Waals surface area contributed by atoms with Gasteiger partial charge in [0.25, 0.3) is 0 Å². The minimum absolute atomic E-state index is 0.149. The van der Waals surface area contributed by atoms with E-state index in [-0.39, 0.29) is 11.5 Å². The van der Waals surface area contributed by atoms with Crippen molar-refractivity contribution in [2.24, 2.45) is 0 Å². The third-order valence-corrected chi connectivity index (χ3v) is 4.87. The van der Waals surface area contributed by atoms with Crippen LogP contribution in [0.25, 0.3) is 0 Å². The van der Waals surface area contributed by atoms with Crippen LogP contribution in [-0.4, -0.2) is 26.2 Å². The second kappa shape index (κ2) is 5.59. The summed E-state index contributed by atoms with van der Waals surface area (Å²) in [5.41, 5.74) is 0. The Morgan fingerprint density at radius 3 is 2.56 bits per heavy atom. The molecule has 0 amide bonds. The van der Waals surface area contributed by atoms with Crippen LogP contribution in [0.3, 0.4) is 0 Å². The fourth-order valence-electron chi connectivity index (χ4n) is 1.06. The fourth-order valence-corrected chi connectivity index (χ4v) is 4.04. The molecule has 0 unspecified atom stereocenters. The molecular weight excluding hydrogens is 362 g/mol. The molecule has 0 aliphatic rings. The second-order valence-electron chi connectivity index (χ2n) is 3.28. The Labute approximate surface area is 111 Å². The maximum atomic E-state index is 11.9. The zero-order valence-electron chi connectivity index (χ0n) is 8.44. The number of halogens is 2. The Bertz CT molecular complexity index is 476. The minimum atomic E-state index is -3.60. The van der Waals surface area contributed by atoms with Gasteiger partial charge in [0, 0.05) is 15.0 Å². The fraction of sp³-hybridized carbons (Fsp3) is 0.333. The molecule has 90 valence electrons. The average Bonchev–Trinajstić information content (AvgIpc) is 2.16. The van der Waals surface area contributed by atoms with Crippen molar-refractivity contribution in [1.29, 1.82) is 0 Å². The maximum Gasteiger partial charge on any atom is 0.242 e. The van der Waals surface area contributed by atoms with Crippen LogP contribution in [0.2, 0.25) is 0 Å². The molecule has 0 saturated carbocycles. The normalized spacial score (nSPS) is 13.8. The quantitative estimate of drug-likeness (QED) is 0.847. The van der Waals surface area contributed by atoms with Gasteiger partial charge in [0.1, 0.15) is 0 Å². The van der Waals surface area contributed by atoms with Gasteiger partial charge in [-0.05, 0) is 41.1 Å². The molecule has 2 N–H and O–H groups in total. The number of aliphatic hydroxyl groups is 1. The molecule has 1 aromatic rings. The highest BCUT2D eigenvalue weighted by Gasteiger charge is 2.19. The van der Waals surface area contributed by atoms with E-state index >= 15 is 0 Å². The molecule has 16 heavy (non-hydrogen) atoms. The first-order chi connectivity index (χ1) is 7.36. The maximum absolute atomic E-state index is 11.9. The average molecular weight is 373 g/mol. The lowest BCUT2D eigenvalue weighted by Gasteiger charge is -2.12. The molecule has 7 heteroatoms. The monoisotopic (exact) mass is 371 g/mol. The first-order valence-corrected chi connectivity index (χ1v) is 7.52. The Morgan fingerprint density at radius 2 is 2.06 bits per heavy atom. The standard InChI is InChI=1S/C9H11Br2NO3S/c1-6(5-13)12-16(14,15)9-3-2-7(10)4-8(9)11/h2-4,6,12-13H,5H2,1H3/t6-/m0/s1. The van der Waals surface area contributed by atoms with Gasteiger partial charge in [-0.25, -0.2) is 13.1 Å². The summed E-state index contributed by atoms with van der Waals surface area (Å²) in [4.78, 5) is 0.149. The molecule has 0 radical (unpaired) electrons. The molecule has 0 spiro atoms. The van der Waals surface area contributed by atoms with E-state index < -0.39 is 16.1 Å². The number of nitrogens with one attached hydrogen (secondary N) is 1. The number of sulfonamides is 1. The molecular formula is C9H11Br2NO3S. The molecule has 0 fully saturated rings. The Morgan fingerprint density at radius 1 is 1.44 bits per heavy atom. The van der Waals surface area contributed by atoms with Crippen LogP contribution in [0.15, 0.2) is 32.0 Å². The topological polar surface area (TPSA) is 66.4 Å². The van der Waals surface area contributed by atoms with Gasteiger partial charge in [-0.3, -0.25) is 0 Å². The van der Waals surface area contributed by atoms with Gasteiger partial charge in [0.05, 0.1) is 11.5 Å². The van der Waals surface area contributed by atoms with Crippen LogP contribution in [-0.2, 0) is 10.0 Å². The number of rotatable bonds is 4. The largest absolute Gasteiger partial charge is 0.395 e. The second-order valence-corrected chi connectivity index (χ2v) is 6.73. The van der Waals surface area contributed by atoms with E-state index in [4.69, 9.17) is 5.11 Å². The predicted octanol–water partition coefficient (Wildman–Crippen LogP) is 1.87. The third-order valence-electron chi connectivity index (χ3n) is 1.81. The van der Waals surface area contributed by atoms with E-state index in [1.807, 2.05) is 0 Å². The first-order valence-electron chi connectivity index (χ1n) is 4.45. The van der Waals surface area contributed by atoms with E-state index in [2.05, 4.69) is 36.6 Å². The molecule has 0 bridgehead atoms. The van der Waals surface area contributed by atoms with Crippen molar-refractivity contribution in [3.05, 3.63) is 27.1 Å². The summed E-state index contributed by atoms with van der Waals surface area (Å²) in [6, 6.07) is 4.27. The summed E-state index contributed by atoms with van der Waals surface area (Å²) in [5.74, 6) is 0. The van der Waals surface area contributed by atoms with Crippen LogP contribution >= 0.6 is 31.9 Å². The van der Waals surface area contributed by atoms with Crippen molar-refractivity contribution in [2.75, 3.05) is 6.61 Å². The van der Waals surface area contributed by atoms with Crippen LogP contribution in [0.1, 0.15) is 6.92 Å². The van der Waals surface area contributed by atoms with Crippen molar-refractivity contribution in [2.45, 2.75) is 17.9 Å². The van der Waals surface area contributed by atoms with Crippen molar-refractivity contribution < 1.29 is 13.5 Å². The molecule has 1 rings (SSSR count). The molecule has 0 heterocycles. The van der Waals surface area contributed by atoms with Gasteiger partial charge in [0.2, 0.25) is 10.0 Å². The van der Waals surface area contributed by atoms with Gasteiger partial charge < -0.3 is 5.11 Å². The van der Waals surface area contributed by atoms with Gasteiger partial charge in [0.15, 0.2) is 0 Å². The lowest BCUT2D eigenvalue weighted by atomic mass is 10.4. The van der Waals surface area contributed by atoms with Crippen molar-refractivity contribution >= 4 is 41.9 Å². The molecule has 0 aromatic heterocycles. The molecule has 0 saturated heterocycles. The van der Waals surface area contributed by atoms with Gasteiger partial charge in [-0.1, -0.05) is 15.9 Å². The Kier molecular flexibility index (Phi) is 4.93. The summed E-state index contributed by atoms with van der Waals surface area (Å²) in [6.45, 7) is 1.34. The molecule has 1 aromatic carbocycles. The van der Waals surface area contributed by atoms with Crippen LogP contribution in [0.5, 0.6) is 0 Å². The number of hydrogen-bond donors (Lipinski definition) is 2. The number of aliphatic hydroxyl groups excluding tert-OH is 1. The van der Waals surface area contributed by atoms with Crippen LogP contribution < -0.4 is 4.72 Å². The smallest absolute Gasteiger partial charge is 0.242 e. The zero-order valence-corrected chi connectivity index (χ0v) is 12.4. The van der Waals surface area contributed by atoms with Gasteiger partial charge in [-0.2, -0.15) is 0 Å². The van der Waals surface area contributed by atoms with E-state index in [9.17, 15) is 8.42 Å². The third kappa shape index (κ3) is 3.53. The predicted molar refractivity (Wildman–Crippen MR) is 68.7 cm³/mol. The van der Waals surface area contributed by atoms with Crippen molar-refractivity contribution in [1.82, 2.24) is 4.72 Å². The molecule has 0 aliphatic heterocycles. The highest BCUT2D eigenvalue weighted by atomic mass is 79.9. The number of hydrogen-bond acceptors (Lipinski definition) is 3. The van der Waals surface area contributed by atoms with E-state index in [1.165, 1.54) is 6.07 Å². The SMILES string of the molecule is C[C@@H](CO)NS(=O)(=O)c1ccc(Br)cc1Br.